The van der Waals surface area contributed by atoms with Crippen LogP contribution in [0.3, 0.4) is 0 Å². The van der Waals surface area contributed by atoms with E-state index >= 15 is 0 Å². The lowest BCUT2D eigenvalue weighted by atomic mass is 9.95. The van der Waals surface area contributed by atoms with Gasteiger partial charge in [0, 0.05) is 57.1 Å². The number of nitriles is 1. The molecule has 8 nitrogen and oxygen atoms in total. The number of carbonyl (C=O) groups excluding carboxylic acids is 1. The van der Waals surface area contributed by atoms with E-state index in [1.807, 2.05) is 32.9 Å². The molecule has 0 aliphatic carbocycles. The number of fused-ring (bicyclic) bond motifs is 3. The van der Waals surface area contributed by atoms with Gasteiger partial charge in [0.2, 0.25) is 0 Å². The molecule has 0 unspecified atom stereocenters. The molecule has 0 radical (unpaired) electrons. The molecule has 5 rings (SSSR count). The van der Waals surface area contributed by atoms with E-state index in [2.05, 4.69) is 11.1 Å². The molecule has 0 saturated carbocycles. The Morgan fingerprint density at radius 3 is 2.49 bits per heavy atom. The van der Waals surface area contributed by atoms with E-state index in [1.165, 1.54) is 0 Å². The zero-order chi connectivity index (χ0) is 28.1. The molecule has 1 aliphatic rings. The molecule has 39 heavy (non-hydrogen) atoms. The minimum Gasteiger partial charge on any atom is -0.496 e. The van der Waals surface area contributed by atoms with Gasteiger partial charge >= 0.3 is 0 Å². The van der Waals surface area contributed by atoms with Crippen molar-refractivity contribution in [2.45, 2.75) is 32.9 Å². The molecule has 0 N–H and O–H groups in total. The van der Waals surface area contributed by atoms with Gasteiger partial charge in [0.15, 0.2) is 5.69 Å². The van der Waals surface area contributed by atoms with Crippen LogP contribution in [0.5, 0.6) is 11.5 Å². The molecular weight excluding hydrogens is 537 g/mol. The molecule has 0 fully saturated rings. The van der Waals surface area contributed by atoms with Crippen LogP contribution in [-0.2, 0) is 6.61 Å². The highest BCUT2D eigenvalue weighted by molar-refractivity contribution is 6.34. The molecule has 0 atom stereocenters. The van der Waals surface area contributed by atoms with E-state index in [1.54, 1.807) is 60.3 Å². The quantitative estimate of drug-likeness (QED) is 0.280. The largest absolute Gasteiger partial charge is 0.496 e. The van der Waals surface area contributed by atoms with Crippen LogP contribution >= 0.6 is 23.2 Å². The number of nitrogens with zero attached hydrogens (tertiary/aromatic N) is 5. The molecule has 3 heterocycles. The number of aromatic nitrogens is 3. The summed E-state index contributed by atoms with van der Waals surface area (Å²) < 4.78 is 13.5. The fraction of sp³-hybridized carbons (Fsp3) is 0.241. The van der Waals surface area contributed by atoms with E-state index in [-0.39, 0.29) is 23.9 Å². The summed E-state index contributed by atoms with van der Waals surface area (Å²) in [7, 11) is 3.30. The maximum Gasteiger partial charge on any atom is 0.274 e. The van der Waals surface area contributed by atoms with E-state index in [4.69, 9.17) is 37.8 Å². The average molecular weight is 562 g/mol. The SMILES string of the molecule is COc1cc2c(cc1-c1cccnc1C#N)-c1c(c(C(=O)N(C)C(C)(C)C)nn1-c1cc(Cl)cc(Cl)c1)CO2. The van der Waals surface area contributed by atoms with E-state index < -0.39 is 5.54 Å². The molecule has 0 saturated heterocycles. The standard InChI is InChI=1S/C29H25Cl2N5O3/c1-29(2,3)35(4)28(37)26-22-15-39-25-13-24(38-5)20(19-7-6-8-33-23(19)14-32)12-21(25)27(22)36(34-26)18-10-16(30)9-17(31)11-18/h6-13H,15H2,1-5H3. The van der Waals surface area contributed by atoms with E-state index in [0.29, 0.717) is 55.2 Å². The molecule has 1 aliphatic heterocycles. The number of pyridine rings is 1. The number of benzene rings is 2. The first kappa shape index (κ1) is 26.5. The topological polar surface area (TPSA) is 93.3 Å². The van der Waals surface area contributed by atoms with Gasteiger partial charge in [-0.2, -0.15) is 10.4 Å². The van der Waals surface area contributed by atoms with Gasteiger partial charge in [0.1, 0.15) is 29.9 Å². The van der Waals surface area contributed by atoms with Crippen molar-refractivity contribution in [2.24, 2.45) is 0 Å². The molecule has 2 aromatic carbocycles. The van der Waals surface area contributed by atoms with Gasteiger partial charge in [-0.1, -0.05) is 23.2 Å². The number of methoxy groups -OCH3 is 1. The Morgan fingerprint density at radius 2 is 1.85 bits per heavy atom. The third kappa shape index (κ3) is 4.69. The van der Waals surface area contributed by atoms with Crippen molar-refractivity contribution in [3.63, 3.8) is 0 Å². The van der Waals surface area contributed by atoms with Crippen LogP contribution in [0.2, 0.25) is 10.0 Å². The van der Waals surface area contributed by atoms with Crippen LogP contribution in [0.4, 0.5) is 0 Å². The fourth-order valence-corrected chi connectivity index (χ4v) is 4.97. The molecular formula is C29H25Cl2N5O3. The molecule has 198 valence electrons. The van der Waals surface area contributed by atoms with Crippen molar-refractivity contribution in [2.75, 3.05) is 14.2 Å². The lowest BCUT2D eigenvalue weighted by molar-refractivity contribution is 0.0646. The summed E-state index contributed by atoms with van der Waals surface area (Å²) in [6.07, 6.45) is 1.57. The van der Waals surface area contributed by atoms with E-state index in [0.717, 1.165) is 0 Å². The van der Waals surface area contributed by atoms with Crippen LogP contribution in [-0.4, -0.2) is 45.3 Å². The molecule has 10 heteroatoms. The fourth-order valence-electron chi connectivity index (χ4n) is 4.45. The zero-order valence-corrected chi connectivity index (χ0v) is 23.6. The number of carbonyl (C=O) groups is 1. The first-order valence-corrected chi connectivity index (χ1v) is 12.9. The molecule has 1 amide bonds. The average Bonchev–Trinajstić information content (AvgIpc) is 3.30. The predicted molar refractivity (Wildman–Crippen MR) is 150 cm³/mol. The minimum absolute atomic E-state index is 0.120. The van der Waals surface area contributed by atoms with Gasteiger partial charge in [0.25, 0.3) is 5.91 Å². The molecule has 4 aromatic rings. The Labute approximate surface area is 236 Å². The van der Waals surface area contributed by atoms with Crippen molar-refractivity contribution < 1.29 is 14.3 Å². The van der Waals surface area contributed by atoms with Crippen molar-refractivity contribution in [1.82, 2.24) is 19.7 Å². The Morgan fingerprint density at radius 1 is 1.13 bits per heavy atom. The first-order valence-electron chi connectivity index (χ1n) is 12.1. The highest BCUT2D eigenvalue weighted by Crippen LogP contribution is 2.46. The lowest BCUT2D eigenvalue weighted by Crippen LogP contribution is -2.43. The van der Waals surface area contributed by atoms with Crippen LogP contribution in [0.1, 0.15) is 42.5 Å². The lowest BCUT2D eigenvalue weighted by Gasteiger charge is -2.31. The number of rotatable bonds is 4. The maximum atomic E-state index is 13.7. The van der Waals surface area contributed by atoms with Crippen molar-refractivity contribution in [3.05, 3.63) is 75.7 Å². The first-order chi connectivity index (χ1) is 18.5. The van der Waals surface area contributed by atoms with Crippen molar-refractivity contribution in [1.29, 1.82) is 5.26 Å². The van der Waals surface area contributed by atoms with E-state index in [9.17, 15) is 10.1 Å². The van der Waals surface area contributed by atoms with Gasteiger partial charge in [-0.15, -0.1) is 0 Å². The Bertz CT molecular complexity index is 1650. The van der Waals surface area contributed by atoms with Crippen LogP contribution in [0.25, 0.3) is 28.1 Å². The van der Waals surface area contributed by atoms with Gasteiger partial charge in [-0.25, -0.2) is 9.67 Å². The van der Waals surface area contributed by atoms with Gasteiger partial charge in [0.05, 0.1) is 18.5 Å². The summed E-state index contributed by atoms with van der Waals surface area (Å²) >= 11 is 12.7. The summed E-state index contributed by atoms with van der Waals surface area (Å²) in [5, 5.41) is 15.4. The second-order valence-electron chi connectivity index (χ2n) is 10.1. The number of ether oxygens (including phenoxy) is 2. The summed E-state index contributed by atoms with van der Waals surface area (Å²) in [5.74, 6) is 0.815. The highest BCUT2D eigenvalue weighted by Gasteiger charge is 2.35. The Hall–Kier alpha value is -4.06. The number of hydrogen-bond acceptors (Lipinski definition) is 6. The monoisotopic (exact) mass is 561 g/mol. The zero-order valence-electron chi connectivity index (χ0n) is 22.0. The van der Waals surface area contributed by atoms with Gasteiger partial charge in [-0.3, -0.25) is 4.79 Å². The summed E-state index contributed by atoms with van der Waals surface area (Å²) in [6, 6.07) is 14.5. The summed E-state index contributed by atoms with van der Waals surface area (Å²) in [4.78, 5) is 19.6. The van der Waals surface area contributed by atoms with Gasteiger partial charge < -0.3 is 14.4 Å². The predicted octanol–water partition coefficient (Wildman–Crippen LogP) is 6.55. The number of hydrogen-bond donors (Lipinski definition) is 0. The second kappa shape index (κ2) is 9.92. The number of halogens is 2. The number of amides is 1. The second-order valence-corrected chi connectivity index (χ2v) is 11.0. The minimum atomic E-state index is -0.435. The smallest absolute Gasteiger partial charge is 0.274 e. The maximum absolute atomic E-state index is 13.7. The van der Waals surface area contributed by atoms with Gasteiger partial charge in [-0.05, 0) is 57.2 Å². The van der Waals surface area contributed by atoms with Crippen LogP contribution in [0.15, 0.2) is 48.7 Å². The molecule has 0 bridgehead atoms. The van der Waals surface area contributed by atoms with Crippen LogP contribution < -0.4 is 9.47 Å². The molecule has 2 aromatic heterocycles. The van der Waals surface area contributed by atoms with Crippen molar-refractivity contribution >= 4 is 29.1 Å². The third-order valence-corrected chi connectivity index (χ3v) is 7.16. The molecule has 0 spiro atoms. The summed E-state index contributed by atoms with van der Waals surface area (Å²) in [6.45, 7) is 5.98. The highest BCUT2D eigenvalue weighted by atomic mass is 35.5. The Balaban J connectivity index is 1.82. The van der Waals surface area contributed by atoms with Crippen LogP contribution in [0, 0.1) is 11.3 Å². The summed E-state index contributed by atoms with van der Waals surface area (Å²) in [5.41, 5.74) is 3.88. The normalized spacial score (nSPS) is 12.2. The van der Waals surface area contributed by atoms with Crippen molar-refractivity contribution in [3.8, 4) is 45.6 Å². The third-order valence-electron chi connectivity index (χ3n) is 6.72. The Kier molecular flexibility index (Phi) is 6.75.